The molecule has 0 aliphatic rings. The SMILES string of the molecule is CC(C)c1nc(-c2ccccc2)c(N)n1N. The number of hydrogen-bond donors (Lipinski definition) is 2. The molecule has 0 unspecified atom stereocenters. The van der Waals surface area contributed by atoms with Crippen LogP contribution in [0.1, 0.15) is 25.6 Å². The third-order valence-electron chi connectivity index (χ3n) is 2.54. The number of nitrogens with two attached hydrogens (primary N) is 2. The zero-order chi connectivity index (χ0) is 11.7. The third kappa shape index (κ3) is 1.62. The van der Waals surface area contributed by atoms with Crippen molar-refractivity contribution < 1.29 is 0 Å². The fourth-order valence-electron chi connectivity index (χ4n) is 1.68. The van der Waals surface area contributed by atoms with Crippen LogP contribution in [0.3, 0.4) is 0 Å². The van der Waals surface area contributed by atoms with E-state index in [1.54, 1.807) is 0 Å². The summed E-state index contributed by atoms with van der Waals surface area (Å²) >= 11 is 0. The number of aromatic nitrogens is 2. The summed E-state index contributed by atoms with van der Waals surface area (Å²) in [6.45, 7) is 4.08. The highest BCUT2D eigenvalue weighted by Crippen LogP contribution is 2.27. The molecule has 16 heavy (non-hydrogen) atoms. The molecule has 2 rings (SSSR count). The monoisotopic (exact) mass is 216 g/mol. The van der Waals surface area contributed by atoms with Gasteiger partial charge in [0, 0.05) is 11.5 Å². The fraction of sp³-hybridized carbons (Fsp3) is 0.250. The Balaban J connectivity index is 2.55. The lowest BCUT2D eigenvalue weighted by molar-refractivity contribution is 0.739. The quantitative estimate of drug-likeness (QED) is 0.754. The Kier molecular flexibility index (Phi) is 2.56. The molecule has 1 aromatic heterocycles. The van der Waals surface area contributed by atoms with Gasteiger partial charge < -0.3 is 11.6 Å². The molecule has 84 valence electrons. The highest BCUT2D eigenvalue weighted by molar-refractivity contribution is 5.71. The van der Waals surface area contributed by atoms with Crippen LogP contribution in [-0.4, -0.2) is 9.66 Å². The third-order valence-corrected chi connectivity index (χ3v) is 2.54. The standard InChI is InChI=1S/C12H16N4/c1-8(2)12-15-10(11(13)16(12)14)9-6-4-3-5-7-9/h3-8H,13-14H2,1-2H3. The first-order valence-corrected chi connectivity index (χ1v) is 5.30. The zero-order valence-electron chi connectivity index (χ0n) is 9.51. The lowest BCUT2D eigenvalue weighted by Gasteiger charge is -2.04. The highest BCUT2D eigenvalue weighted by Gasteiger charge is 2.16. The normalized spacial score (nSPS) is 10.9. The van der Waals surface area contributed by atoms with Crippen LogP contribution in [0.4, 0.5) is 5.82 Å². The molecule has 0 bridgehead atoms. The Morgan fingerprint density at radius 2 is 1.81 bits per heavy atom. The Morgan fingerprint density at radius 3 is 2.31 bits per heavy atom. The molecular formula is C12H16N4. The fourth-order valence-corrected chi connectivity index (χ4v) is 1.68. The van der Waals surface area contributed by atoms with Crippen molar-refractivity contribution in [3.63, 3.8) is 0 Å². The first-order valence-electron chi connectivity index (χ1n) is 5.30. The van der Waals surface area contributed by atoms with Gasteiger partial charge in [-0.3, -0.25) is 0 Å². The summed E-state index contributed by atoms with van der Waals surface area (Å²) in [4.78, 5) is 4.49. The zero-order valence-corrected chi connectivity index (χ0v) is 9.51. The molecule has 1 heterocycles. The number of anilines is 1. The van der Waals surface area contributed by atoms with Gasteiger partial charge in [0.2, 0.25) is 0 Å². The summed E-state index contributed by atoms with van der Waals surface area (Å²) in [7, 11) is 0. The predicted octanol–water partition coefficient (Wildman–Crippen LogP) is 1.97. The molecule has 2 aromatic rings. The van der Waals surface area contributed by atoms with Gasteiger partial charge in [0.1, 0.15) is 11.5 Å². The van der Waals surface area contributed by atoms with Crippen molar-refractivity contribution in [1.29, 1.82) is 0 Å². The molecule has 0 atom stereocenters. The van der Waals surface area contributed by atoms with E-state index in [4.69, 9.17) is 11.6 Å². The molecule has 0 saturated carbocycles. The first-order chi connectivity index (χ1) is 7.61. The van der Waals surface area contributed by atoms with E-state index >= 15 is 0 Å². The van der Waals surface area contributed by atoms with Gasteiger partial charge in [0.15, 0.2) is 5.82 Å². The van der Waals surface area contributed by atoms with E-state index in [0.717, 1.165) is 17.1 Å². The average Bonchev–Trinajstić information content (AvgIpc) is 2.58. The minimum atomic E-state index is 0.254. The van der Waals surface area contributed by atoms with E-state index in [1.165, 1.54) is 4.68 Å². The minimum absolute atomic E-state index is 0.254. The molecule has 4 N–H and O–H groups in total. The number of nitrogen functional groups attached to an aromatic ring is 2. The van der Waals surface area contributed by atoms with Gasteiger partial charge >= 0.3 is 0 Å². The first kappa shape index (κ1) is 10.5. The van der Waals surface area contributed by atoms with Crippen molar-refractivity contribution in [3.8, 4) is 11.3 Å². The molecule has 0 fully saturated rings. The van der Waals surface area contributed by atoms with Gasteiger partial charge in [-0.25, -0.2) is 9.66 Å². The molecule has 0 saturated heterocycles. The van der Waals surface area contributed by atoms with Crippen LogP contribution < -0.4 is 11.6 Å². The number of hydrogen-bond acceptors (Lipinski definition) is 3. The molecular weight excluding hydrogens is 200 g/mol. The van der Waals surface area contributed by atoms with Crippen LogP contribution in [-0.2, 0) is 0 Å². The second-order valence-corrected chi connectivity index (χ2v) is 4.09. The van der Waals surface area contributed by atoms with Crippen LogP contribution in [0.25, 0.3) is 11.3 Å². The molecule has 4 nitrogen and oxygen atoms in total. The Morgan fingerprint density at radius 1 is 1.19 bits per heavy atom. The van der Waals surface area contributed by atoms with E-state index in [-0.39, 0.29) is 5.92 Å². The second kappa shape index (κ2) is 3.89. The maximum atomic E-state index is 5.95. The summed E-state index contributed by atoms with van der Waals surface area (Å²) in [5.41, 5.74) is 7.70. The molecule has 0 aliphatic heterocycles. The van der Waals surface area contributed by atoms with Crippen LogP contribution in [0, 0.1) is 0 Å². The van der Waals surface area contributed by atoms with Crippen LogP contribution in [0.2, 0.25) is 0 Å². The maximum Gasteiger partial charge on any atom is 0.150 e. The molecule has 4 heteroatoms. The Labute approximate surface area is 94.9 Å². The lowest BCUT2D eigenvalue weighted by Crippen LogP contribution is -2.16. The largest absolute Gasteiger partial charge is 0.382 e. The van der Waals surface area contributed by atoms with Gasteiger partial charge in [0.25, 0.3) is 0 Å². The highest BCUT2D eigenvalue weighted by atomic mass is 15.4. The summed E-state index contributed by atoms with van der Waals surface area (Å²) in [5, 5.41) is 0. The molecule has 1 aromatic carbocycles. The summed E-state index contributed by atoms with van der Waals surface area (Å²) in [6.07, 6.45) is 0. The Bertz CT molecular complexity index is 485. The summed E-state index contributed by atoms with van der Waals surface area (Å²) in [5.74, 6) is 7.44. The average molecular weight is 216 g/mol. The topological polar surface area (TPSA) is 69.9 Å². The van der Waals surface area contributed by atoms with Crippen molar-refractivity contribution in [3.05, 3.63) is 36.2 Å². The van der Waals surface area contributed by atoms with Crippen LogP contribution in [0.5, 0.6) is 0 Å². The van der Waals surface area contributed by atoms with Crippen molar-refractivity contribution in [2.75, 3.05) is 11.6 Å². The minimum Gasteiger partial charge on any atom is -0.382 e. The summed E-state index contributed by atoms with van der Waals surface area (Å²) < 4.78 is 1.47. The molecule has 0 amide bonds. The summed E-state index contributed by atoms with van der Waals surface area (Å²) in [6, 6.07) is 9.83. The number of rotatable bonds is 2. The van der Waals surface area contributed by atoms with Crippen molar-refractivity contribution in [1.82, 2.24) is 9.66 Å². The van der Waals surface area contributed by atoms with E-state index < -0.39 is 0 Å². The van der Waals surface area contributed by atoms with Crippen molar-refractivity contribution in [2.24, 2.45) is 0 Å². The number of nitrogens with zero attached hydrogens (tertiary/aromatic N) is 2. The Hall–Kier alpha value is -1.97. The van der Waals surface area contributed by atoms with E-state index in [0.29, 0.717) is 5.82 Å². The van der Waals surface area contributed by atoms with Crippen molar-refractivity contribution >= 4 is 5.82 Å². The second-order valence-electron chi connectivity index (χ2n) is 4.09. The van der Waals surface area contributed by atoms with E-state index in [9.17, 15) is 0 Å². The van der Waals surface area contributed by atoms with E-state index in [1.807, 2.05) is 44.2 Å². The van der Waals surface area contributed by atoms with Crippen LogP contribution >= 0.6 is 0 Å². The van der Waals surface area contributed by atoms with Gasteiger partial charge in [-0.15, -0.1) is 0 Å². The number of imidazole rings is 1. The van der Waals surface area contributed by atoms with Gasteiger partial charge in [-0.2, -0.15) is 0 Å². The van der Waals surface area contributed by atoms with Gasteiger partial charge in [-0.1, -0.05) is 44.2 Å². The van der Waals surface area contributed by atoms with E-state index in [2.05, 4.69) is 4.98 Å². The smallest absolute Gasteiger partial charge is 0.150 e. The molecule has 0 radical (unpaired) electrons. The van der Waals surface area contributed by atoms with Gasteiger partial charge in [-0.05, 0) is 0 Å². The van der Waals surface area contributed by atoms with Crippen LogP contribution in [0.15, 0.2) is 30.3 Å². The van der Waals surface area contributed by atoms with Gasteiger partial charge in [0.05, 0.1) is 0 Å². The lowest BCUT2D eigenvalue weighted by atomic mass is 10.1. The maximum absolute atomic E-state index is 5.95. The molecule has 0 spiro atoms. The number of benzene rings is 1. The van der Waals surface area contributed by atoms with Crippen molar-refractivity contribution in [2.45, 2.75) is 19.8 Å². The predicted molar refractivity (Wildman–Crippen MR) is 66.3 cm³/mol. The molecule has 0 aliphatic carbocycles.